The molecule has 5 heteroatoms. The van der Waals surface area contributed by atoms with Gasteiger partial charge in [0.2, 0.25) is 0 Å². The number of ether oxygens (including phenoxy) is 1. The van der Waals surface area contributed by atoms with E-state index < -0.39 is 0 Å². The van der Waals surface area contributed by atoms with Gasteiger partial charge in [0.25, 0.3) is 0 Å². The van der Waals surface area contributed by atoms with Gasteiger partial charge in [-0.05, 0) is 19.1 Å². The summed E-state index contributed by atoms with van der Waals surface area (Å²) in [6.45, 7) is 2.02. The second kappa shape index (κ2) is 5.73. The molecule has 0 amide bonds. The molecule has 0 aliphatic heterocycles. The minimum Gasteiger partial charge on any atom is -0.496 e. The summed E-state index contributed by atoms with van der Waals surface area (Å²) in [5.41, 5.74) is 3.09. The molecule has 0 N–H and O–H groups in total. The Labute approximate surface area is 125 Å². The van der Waals surface area contributed by atoms with Crippen LogP contribution in [0, 0.1) is 6.92 Å². The number of methoxy groups -OCH3 is 1. The van der Waals surface area contributed by atoms with Gasteiger partial charge in [0.1, 0.15) is 5.75 Å². The maximum Gasteiger partial charge on any atom is 0.128 e. The molecule has 0 radical (unpaired) electrons. The van der Waals surface area contributed by atoms with E-state index in [4.69, 9.17) is 9.72 Å². The summed E-state index contributed by atoms with van der Waals surface area (Å²) in [5.74, 6) is 0.855. The topological polar surface area (TPSA) is 35.0 Å². The van der Waals surface area contributed by atoms with E-state index in [-0.39, 0.29) is 0 Å². The fourth-order valence-corrected chi connectivity index (χ4v) is 3.44. The number of hydrogen-bond acceptors (Lipinski definition) is 5. The standard InChI is InChI=1S/C15H14N2OS2/c1-10-16-11(8-19-10)7-15-17-13(9-20-15)12-5-3-4-6-14(12)18-2/h3-6,8-9H,7H2,1-2H3. The third-order valence-corrected chi connectivity index (χ3v) is 4.60. The fraction of sp³-hybridized carbons (Fsp3) is 0.200. The number of para-hydroxylation sites is 1. The summed E-state index contributed by atoms with van der Waals surface area (Å²) in [7, 11) is 1.68. The quantitative estimate of drug-likeness (QED) is 0.725. The van der Waals surface area contributed by atoms with Gasteiger partial charge in [0.05, 0.1) is 28.5 Å². The van der Waals surface area contributed by atoms with Gasteiger partial charge in [0, 0.05) is 22.7 Å². The lowest BCUT2D eigenvalue weighted by Gasteiger charge is -2.04. The van der Waals surface area contributed by atoms with Crippen LogP contribution in [0.15, 0.2) is 35.0 Å². The maximum atomic E-state index is 5.38. The Morgan fingerprint density at radius 1 is 1.10 bits per heavy atom. The van der Waals surface area contributed by atoms with Gasteiger partial charge in [-0.25, -0.2) is 9.97 Å². The van der Waals surface area contributed by atoms with E-state index in [0.717, 1.165) is 39.1 Å². The average Bonchev–Trinajstić information content (AvgIpc) is 3.08. The predicted molar refractivity (Wildman–Crippen MR) is 83.8 cm³/mol. The van der Waals surface area contributed by atoms with Gasteiger partial charge in [-0.15, -0.1) is 22.7 Å². The molecule has 3 aromatic rings. The molecule has 0 aliphatic carbocycles. The van der Waals surface area contributed by atoms with Crippen molar-refractivity contribution in [2.75, 3.05) is 7.11 Å². The van der Waals surface area contributed by atoms with Crippen LogP contribution in [0.1, 0.15) is 15.7 Å². The number of rotatable bonds is 4. The van der Waals surface area contributed by atoms with Crippen LogP contribution < -0.4 is 4.74 Å². The molecule has 2 heterocycles. The normalized spacial score (nSPS) is 10.7. The van der Waals surface area contributed by atoms with Gasteiger partial charge in [-0.3, -0.25) is 0 Å². The highest BCUT2D eigenvalue weighted by atomic mass is 32.1. The molecule has 2 aromatic heterocycles. The van der Waals surface area contributed by atoms with Crippen LogP contribution in [-0.4, -0.2) is 17.1 Å². The molecule has 0 fully saturated rings. The van der Waals surface area contributed by atoms with Gasteiger partial charge in [0.15, 0.2) is 0 Å². The Morgan fingerprint density at radius 3 is 2.70 bits per heavy atom. The lowest BCUT2D eigenvalue weighted by molar-refractivity contribution is 0.416. The van der Waals surface area contributed by atoms with Crippen molar-refractivity contribution < 1.29 is 4.74 Å². The van der Waals surface area contributed by atoms with Gasteiger partial charge in [-0.1, -0.05) is 12.1 Å². The van der Waals surface area contributed by atoms with E-state index in [0.29, 0.717) is 0 Å². The van der Waals surface area contributed by atoms with E-state index in [9.17, 15) is 0 Å². The lowest BCUT2D eigenvalue weighted by Crippen LogP contribution is -1.90. The van der Waals surface area contributed by atoms with Crippen molar-refractivity contribution in [2.24, 2.45) is 0 Å². The molecule has 0 saturated carbocycles. The first-order valence-corrected chi connectivity index (χ1v) is 8.01. The minimum atomic E-state index is 0.796. The molecular weight excluding hydrogens is 288 g/mol. The summed E-state index contributed by atoms with van der Waals surface area (Å²) >= 11 is 3.34. The number of aryl methyl sites for hydroxylation is 1. The molecule has 3 rings (SSSR count). The first-order valence-electron chi connectivity index (χ1n) is 6.25. The molecule has 0 spiro atoms. The molecule has 0 atom stereocenters. The Morgan fingerprint density at radius 2 is 1.95 bits per heavy atom. The average molecular weight is 302 g/mol. The molecule has 0 aliphatic rings. The molecule has 3 nitrogen and oxygen atoms in total. The van der Waals surface area contributed by atoms with E-state index in [2.05, 4.69) is 15.7 Å². The Balaban J connectivity index is 1.86. The Hall–Kier alpha value is -1.72. The molecule has 1 aromatic carbocycles. The summed E-state index contributed by atoms with van der Waals surface area (Å²) in [4.78, 5) is 9.18. The largest absolute Gasteiger partial charge is 0.496 e. The summed E-state index contributed by atoms with van der Waals surface area (Å²) in [6.07, 6.45) is 0.796. The molecule has 0 bridgehead atoms. The number of hydrogen-bond donors (Lipinski definition) is 0. The van der Waals surface area contributed by atoms with Crippen LogP contribution in [0.25, 0.3) is 11.3 Å². The maximum absolute atomic E-state index is 5.38. The predicted octanol–water partition coefficient (Wildman–Crippen LogP) is 4.17. The van der Waals surface area contributed by atoms with Gasteiger partial charge in [-0.2, -0.15) is 0 Å². The van der Waals surface area contributed by atoms with Crippen LogP contribution in [0.2, 0.25) is 0 Å². The first kappa shape index (κ1) is 13.3. The Kier molecular flexibility index (Phi) is 3.80. The smallest absolute Gasteiger partial charge is 0.128 e. The molecular formula is C15H14N2OS2. The Bertz CT molecular complexity index is 718. The second-order valence-electron chi connectivity index (χ2n) is 4.36. The van der Waals surface area contributed by atoms with E-state index >= 15 is 0 Å². The van der Waals surface area contributed by atoms with Crippen LogP contribution in [-0.2, 0) is 6.42 Å². The number of aromatic nitrogens is 2. The van der Waals surface area contributed by atoms with Crippen molar-refractivity contribution in [3.63, 3.8) is 0 Å². The molecule has 0 saturated heterocycles. The van der Waals surface area contributed by atoms with E-state index in [1.54, 1.807) is 29.8 Å². The highest BCUT2D eigenvalue weighted by Crippen LogP contribution is 2.30. The molecule has 20 heavy (non-hydrogen) atoms. The molecule has 102 valence electrons. The van der Waals surface area contributed by atoms with Gasteiger partial charge >= 0.3 is 0 Å². The third kappa shape index (κ3) is 2.73. The zero-order valence-corrected chi connectivity index (χ0v) is 12.9. The van der Waals surface area contributed by atoms with Crippen LogP contribution >= 0.6 is 22.7 Å². The van der Waals surface area contributed by atoms with Crippen molar-refractivity contribution in [3.8, 4) is 17.0 Å². The number of nitrogens with zero attached hydrogens (tertiary/aromatic N) is 2. The SMILES string of the molecule is COc1ccccc1-c1csc(Cc2csc(C)n2)n1. The van der Waals surface area contributed by atoms with Crippen molar-refractivity contribution in [3.05, 3.63) is 50.7 Å². The van der Waals surface area contributed by atoms with Gasteiger partial charge < -0.3 is 4.74 Å². The van der Waals surface area contributed by atoms with Crippen molar-refractivity contribution >= 4 is 22.7 Å². The van der Waals surface area contributed by atoms with E-state index in [1.807, 2.05) is 31.2 Å². The fourth-order valence-electron chi connectivity index (χ4n) is 2.02. The van der Waals surface area contributed by atoms with Crippen LogP contribution in [0.3, 0.4) is 0 Å². The monoisotopic (exact) mass is 302 g/mol. The van der Waals surface area contributed by atoms with Crippen LogP contribution in [0.4, 0.5) is 0 Å². The third-order valence-electron chi connectivity index (χ3n) is 2.93. The molecule has 0 unspecified atom stereocenters. The summed E-state index contributed by atoms with van der Waals surface area (Å²) in [6, 6.07) is 7.96. The first-order chi connectivity index (χ1) is 9.76. The highest BCUT2D eigenvalue weighted by Gasteiger charge is 2.10. The lowest BCUT2D eigenvalue weighted by atomic mass is 10.1. The highest BCUT2D eigenvalue weighted by molar-refractivity contribution is 7.10. The zero-order valence-electron chi connectivity index (χ0n) is 11.3. The summed E-state index contributed by atoms with van der Waals surface area (Å²) in [5, 5.41) is 6.35. The second-order valence-corrected chi connectivity index (χ2v) is 6.37. The van der Waals surface area contributed by atoms with Crippen LogP contribution in [0.5, 0.6) is 5.75 Å². The number of benzene rings is 1. The van der Waals surface area contributed by atoms with E-state index in [1.165, 1.54) is 0 Å². The summed E-state index contributed by atoms with van der Waals surface area (Å²) < 4.78 is 5.38. The minimum absolute atomic E-state index is 0.796. The van der Waals surface area contributed by atoms with Crippen molar-refractivity contribution in [2.45, 2.75) is 13.3 Å². The number of thiazole rings is 2. The van der Waals surface area contributed by atoms with Crippen molar-refractivity contribution in [1.29, 1.82) is 0 Å². The zero-order chi connectivity index (χ0) is 13.9. The van der Waals surface area contributed by atoms with Crippen molar-refractivity contribution in [1.82, 2.24) is 9.97 Å².